The molecule has 13 heavy (non-hydrogen) atoms. The Labute approximate surface area is 77.8 Å². The Bertz CT molecular complexity index is 322. The molecular formula is C11H14FN. The van der Waals surface area contributed by atoms with E-state index in [1.165, 1.54) is 6.07 Å². The molecule has 2 atom stereocenters. The van der Waals surface area contributed by atoms with Gasteiger partial charge >= 0.3 is 0 Å². The van der Waals surface area contributed by atoms with Crippen molar-refractivity contribution in [3.63, 3.8) is 0 Å². The van der Waals surface area contributed by atoms with Gasteiger partial charge in [0.25, 0.3) is 0 Å². The van der Waals surface area contributed by atoms with Gasteiger partial charge in [0.15, 0.2) is 0 Å². The van der Waals surface area contributed by atoms with Gasteiger partial charge in [-0.1, -0.05) is 19.1 Å². The van der Waals surface area contributed by atoms with E-state index in [0.29, 0.717) is 5.92 Å². The van der Waals surface area contributed by atoms with Gasteiger partial charge < -0.3 is 5.73 Å². The molecule has 1 nitrogen and oxygen atoms in total. The highest BCUT2D eigenvalue weighted by Crippen LogP contribution is 2.33. The summed E-state index contributed by atoms with van der Waals surface area (Å²) in [7, 11) is 0. The van der Waals surface area contributed by atoms with Gasteiger partial charge in [-0.2, -0.15) is 0 Å². The second kappa shape index (κ2) is 3.11. The zero-order chi connectivity index (χ0) is 9.42. The van der Waals surface area contributed by atoms with Gasteiger partial charge in [0.05, 0.1) is 0 Å². The van der Waals surface area contributed by atoms with Gasteiger partial charge in [-0.05, 0) is 36.0 Å². The van der Waals surface area contributed by atoms with Crippen LogP contribution in [0.1, 0.15) is 30.5 Å². The van der Waals surface area contributed by atoms with Crippen LogP contribution >= 0.6 is 0 Å². The summed E-state index contributed by atoms with van der Waals surface area (Å²) >= 11 is 0. The fraction of sp³-hybridized carbons (Fsp3) is 0.455. The molecule has 2 rings (SSSR count). The van der Waals surface area contributed by atoms with E-state index >= 15 is 0 Å². The highest BCUT2D eigenvalue weighted by atomic mass is 19.1. The van der Waals surface area contributed by atoms with E-state index in [9.17, 15) is 4.39 Å². The number of rotatable bonds is 0. The Morgan fingerprint density at radius 1 is 1.46 bits per heavy atom. The van der Waals surface area contributed by atoms with Crippen molar-refractivity contribution in [2.45, 2.75) is 25.8 Å². The SMILES string of the molecule is C[C@@H]1CCc2c(F)cccc2[C@@H]1N. The molecule has 0 saturated heterocycles. The van der Waals surface area contributed by atoms with Crippen molar-refractivity contribution in [2.24, 2.45) is 11.7 Å². The maximum absolute atomic E-state index is 13.3. The average Bonchev–Trinajstić information content (AvgIpc) is 2.12. The third-order valence-electron chi connectivity index (χ3n) is 2.98. The molecule has 2 N–H and O–H groups in total. The Hall–Kier alpha value is -0.890. The third-order valence-corrected chi connectivity index (χ3v) is 2.98. The zero-order valence-corrected chi connectivity index (χ0v) is 7.76. The lowest BCUT2D eigenvalue weighted by Gasteiger charge is -2.28. The molecule has 0 fully saturated rings. The van der Waals surface area contributed by atoms with Gasteiger partial charge in [-0.25, -0.2) is 4.39 Å². The Morgan fingerprint density at radius 2 is 2.23 bits per heavy atom. The number of nitrogens with two attached hydrogens (primary N) is 1. The number of hydrogen-bond donors (Lipinski definition) is 1. The van der Waals surface area contributed by atoms with Crippen LogP contribution in [-0.2, 0) is 6.42 Å². The maximum Gasteiger partial charge on any atom is 0.126 e. The number of benzene rings is 1. The summed E-state index contributed by atoms with van der Waals surface area (Å²) in [6, 6.07) is 5.21. The highest BCUT2D eigenvalue weighted by Gasteiger charge is 2.24. The van der Waals surface area contributed by atoms with Gasteiger partial charge in [-0.15, -0.1) is 0 Å². The lowest BCUT2D eigenvalue weighted by atomic mass is 9.81. The van der Waals surface area contributed by atoms with Crippen LogP contribution in [0.25, 0.3) is 0 Å². The molecule has 0 aromatic heterocycles. The van der Waals surface area contributed by atoms with Crippen LogP contribution in [0.15, 0.2) is 18.2 Å². The summed E-state index contributed by atoms with van der Waals surface area (Å²) < 4.78 is 13.3. The monoisotopic (exact) mass is 179 g/mol. The van der Waals surface area contributed by atoms with Crippen molar-refractivity contribution in [1.82, 2.24) is 0 Å². The van der Waals surface area contributed by atoms with E-state index in [1.807, 2.05) is 6.07 Å². The van der Waals surface area contributed by atoms with E-state index in [4.69, 9.17) is 5.73 Å². The Kier molecular flexibility index (Phi) is 2.08. The molecule has 0 aliphatic heterocycles. The molecule has 1 aromatic rings. The molecule has 1 aliphatic rings. The molecule has 1 aromatic carbocycles. The van der Waals surface area contributed by atoms with Crippen molar-refractivity contribution in [1.29, 1.82) is 0 Å². The molecule has 0 unspecified atom stereocenters. The fourth-order valence-electron chi connectivity index (χ4n) is 2.01. The highest BCUT2D eigenvalue weighted by molar-refractivity contribution is 5.33. The van der Waals surface area contributed by atoms with Crippen LogP contribution in [0.4, 0.5) is 4.39 Å². The zero-order valence-electron chi connectivity index (χ0n) is 7.76. The normalized spacial score (nSPS) is 27.0. The number of fused-ring (bicyclic) bond motifs is 1. The van der Waals surface area contributed by atoms with Crippen LogP contribution in [0.2, 0.25) is 0 Å². The average molecular weight is 179 g/mol. The van der Waals surface area contributed by atoms with Crippen molar-refractivity contribution in [3.05, 3.63) is 35.1 Å². The summed E-state index contributed by atoms with van der Waals surface area (Å²) in [6.07, 6.45) is 1.83. The van der Waals surface area contributed by atoms with Crippen LogP contribution < -0.4 is 5.73 Å². The first-order chi connectivity index (χ1) is 6.20. The van der Waals surface area contributed by atoms with Crippen LogP contribution in [-0.4, -0.2) is 0 Å². The summed E-state index contributed by atoms with van der Waals surface area (Å²) in [5.41, 5.74) is 7.82. The molecule has 0 amide bonds. The summed E-state index contributed by atoms with van der Waals surface area (Å²) in [5.74, 6) is 0.370. The Balaban J connectivity index is 2.49. The van der Waals surface area contributed by atoms with Gasteiger partial charge in [0.2, 0.25) is 0 Å². The van der Waals surface area contributed by atoms with E-state index in [0.717, 1.165) is 24.0 Å². The molecule has 0 heterocycles. The van der Waals surface area contributed by atoms with Crippen molar-refractivity contribution in [3.8, 4) is 0 Å². The van der Waals surface area contributed by atoms with Crippen LogP contribution in [0, 0.1) is 11.7 Å². The molecule has 0 bridgehead atoms. The lowest BCUT2D eigenvalue weighted by Crippen LogP contribution is -2.25. The van der Waals surface area contributed by atoms with Crippen molar-refractivity contribution in [2.75, 3.05) is 0 Å². The largest absolute Gasteiger partial charge is 0.324 e. The fourth-order valence-corrected chi connectivity index (χ4v) is 2.01. The standard InChI is InChI=1S/C11H14FN/c1-7-5-6-8-9(11(7)13)3-2-4-10(8)12/h2-4,7,11H,5-6,13H2,1H3/t7-,11-/m1/s1. The van der Waals surface area contributed by atoms with Crippen LogP contribution in [0.5, 0.6) is 0 Å². The minimum atomic E-state index is -0.0974. The quantitative estimate of drug-likeness (QED) is 0.650. The van der Waals surface area contributed by atoms with E-state index < -0.39 is 0 Å². The molecule has 0 radical (unpaired) electrons. The topological polar surface area (TPSA) is 26.0 Å². The first-order valence-electron chi connectivity index (χ1n) is 4.73. The van der Waals surface area contributed by atoms with E-state index in [1.54, 1.807) is 6.07 Å². The lowest BCUT2D eigenvalue weighted by molar-refractivity contribution is 0.403. The first-order valence-corrected chi connectivity index (χ1v) is 4.73. The van der Waals surface area contributed by atoms with Gasteiger partial charge in [0.1, 0.15) is 5.82 Å². The number of hydrogen-bond acceptors (Lipinski definition) is 1. The van der Waals surface area contributed by atoms with Crippen molar-refractivity contribution >= 4 is 0 Å². The molecule has 0 saturated carbocycles. The van der Waals surface area contributed by atoms with Gasteiger partial charge in [0, 0.05) is 6.04 Å². The maximum atomic E-state index is 13.3. The number of halogens is 1. The molecule has 0 spiro atoms. The molecule has 70 valence electrons. The van der Waals surface area contributed by atoms with Gasteiger partial charge in [-0.3, -0.25) is 0 Å². The Morgan fingerprint density at radius 3 is 3.00 bits per heavy atom. The molecule has 2 heteroatoms. The van der Waals surface area contributed by atoms with Crippen molar-refractivity contribution < 1.29 is 4.39 Å². The summed E-state index contributed by atoms with van der Waals surface area (Å²) in [6.45, 7) is 2.12. The second-order valence-corrected chi connectivity index (χ2v) is 3.85. The predicted octanol–water partition coefficient (Wildman–Crippen LogP) is 2.41. The minimum absolute atomic E-state index is 0.0134. The first kappa shape index (κ1) is 8.70. The molecule has 1 aliphatic carbocycles. The minimum Gasteiger partial charge on any atom is -0.324 e. The van der Waals surface area contributed by atoms with E-state index in [2.05, 4.69) is 6.92 Å². The van der Waals surface area contributed by atoms with Crippen LogP contribution in [0.3, 0.4) is 0 Å². The summed E-state index contributed by atoms with van der Waals surface area (Å²) in [5, 5.41) is 0. The second-order valence-electron chi connectivity index (χ2n) is 3.85. The smallest absolute Gasteiger partial charge is 0.126 e. The predicted molar refractivity (Wildman–Crippen MR) is 50.8 cm³/mol. The van der Waals surface area contributed by atoms with E-state index in [-0.39, 0.29) is 11.9 Å². The summed E-state index contributed by atoms with van der Waals surface area (Å²) in [4.78, 5) is 0. The third kappa shape index (κ3) is 1.35. The molecular weight excluding hydrogens is 165 g/mol.